The van der Waals surface area contributed by atoms with Gasteiger partial charge in [-0.15, -0.1) is 11.8 Å². The number of amides is 1. The van der Waals surface area contributed by atoms with Gasteiger partial charge in [-0.05, 0) is 42.8 Å². The first-order valence-electron chi connectivity index (χ1n) is 8.76. The van der Waals surface area contributed by atoms with Crippen molar-refractivity contribution in [2.45, 2.75) is 49.5 Å². The van der Waals surface area contributed by atoms with Crippen molar-refractivity contribution < 1.29 is 17.7 Å². The number of hydrogen-bond acceptors (Lipinski definition) is 3. The van der Waals surface area contributed by atoms with Crippen LogP contribution in [0.25, 0.3) is 0 Å². The van der Waals surface area contributed by atoms with Gasteiger partial charge in [0.1, 0.15) is 0 Å². The molecule has 1 aliphatic carbocycles. The SMILES string of the molecule is [2H]C([2H])(CNC(=O)O)C(O)c1cccc(SCC2CCCCC2)c1. The maximum Gasteiger partial charge on any atom is 0.404 e. The van der Waals surface area contributed by atoms with Gasteiger partial charge >= 0.3 is 6.09 Å². The third-order valence-corrected chi connectivity index (χ3v) is 5.14. The zero-order chi connectivity index (χ0) is 17.6. The zero-order valence-corrected chi connectivity index (χ0v) is 13.4. The van der Waals surface area contributed by atoms with E-state index in [1.807, 2.05) is 17.4 Å². The van der Waals surface area contributed by atoms with E-state index in [9.17, 15) is 9.90 Å². The molecule has 0 radical (unpaired) electrons. The monoisotopic (exact) mass is 325 g/mol. The molecule has 1 aromatic carbocycles. The Kier molecular flexibility index (Phi) is 5.93. The molecule has 0 spiro atoms. The van der Waals surface area contributed by atoms with Crippen LogP contribution in [-0.4, -0.2) is 28.6 Å². The first kappa shape index (κ1) is 14.4. The molecule has 1 fully saturated rings. The van der Waals surface area contributed by atoms with Crippen LogP contribution in [0.4, 0.5) is 4.79 Å². The fourth-order valence-electron chi connectivity index (χ4n) is 2.68. The van der Waals surface area contributed by atoms with Crippen molar-refractivity contribution in [2.24, 2.45) is 5.92 Å². The Labute approximate surface area is 139 Å². The minimum atomic E-state index is -2.06. The molecule has 3 N–H and O–H groups in total. The van der Waals surface area contributed by atoms with E-state index in [0.717, 1.165) is 16.6 Å². The molecule has 0 heterocycles. The third-order valence-electron chi connectivity index (χ3n) is 3.92. The number of carboxylic acid groups (broad SMARTS) is 1. The van der Waals surface area contributed by atoms with Gasteiger partial charge < -0.3 is 15.5 Å². The normalized spacial score (nSPS) is 19.1. The van der Waals surface area contributed by atoms with E-state index in [-0.39, 0.29) is 0 Å². The van der Waals surface area contributed by atoms with Gasteiger partial charge in [0, 0.05) is 19.9 Å². The maximum atomic E-state index is 10.5. The maximum absolute atomic E-state index is 10.5. The van der Waals surface area contributed by atoms with Gasteiger partial charge in [0.25, 0.3) is 0 Å². The predicted octanol–water partition coefficient (Wildman–Crippen LogP) is 4.05. The number of rotatable bonds is 7. The Morgan fingerprint density at radius 3 is 2.91 bits per heavy atom. The van der Waals surface area contributed by atoms with Gasteiger partial charge in [-0.3, -0.25) is 0 Å². The molecule has 0 aliphatic heterocycles. The summed E-state index contributed by atoms with van der Waals surface area (Å²) in [6.45, 7) is -0.455. The predicted molar refractivity (Wildman–Crippen MR) is 89.3 cm³/mol. The summed E-state index contributed by atoms with van der Waals surface area (Å²) >= 11 is 1.74. The molecular weight excluding hydrogens is 298 g/mol. The number of benzene rings is 1. The second kappa shape index (κ2) is 9.06. The lowest BCUT2D eigenvalue weighted by Gasteiger charge is -2.21. The second-order valence-electron chi connectivity index (χ2n) is 5.65. The number of thioether (sulfide) groups is 1. The van der Waals surface area contributed by atoms with Crippen LogP contribution in [0.2, 0.25) is 0 Å². The highest BCUT2D eigenvalue weighted by molar-refractivity contribution is 7.99. The standard InChI is InChI=1S/C17H25NO3S/c19-16(9-10-18-17(20)21)14-7-4-8-15(11-14)22-12-13-5-2-1-3-6-13/h4,7-8,11,13,16,18-19H,1-3,5-6,9-10,12H2,(H,20,21)/i9D2. The van der Waals surface area contributed by atoms with E-state index in [4.69, 9.17) is 7.85 Å². The van der Waals surface area contributed by atoms with Crippen LogP contribution in [0.15, 0.2) is 29.2 Å². The Bertz CT molecular complexity index is 550. The lowest BCUT2D eigenvalue weighted by atomic mass is 9.91. The van der Waals surface area contributed by atoms with E-state index in [1.54, 1.807) is 23.9 Å². The number of carbonyl (C=O) groups is 1. The van der Waals surface area contributed by atoms with Crippen LogP contribution in [0.3, 0.4) is 0 Å². The van der Waals surface area contributed by atoms with Crippen molar-refractivity contribution in [1.29, 1.82) is 0 Å². The van der Waals surface area contributed by atoms with Gasteiger partial charge in [0.2, 0.25) is 0 Å². The summed E-state index contributed by atoms with van der Waals surface area (Å²) in [7, 11) is 0. The first-order valence-corrected chi connectivity index (χ1v) is 8.74. The number of nitrogens with one attached hydrogen (secondary N) is 1. The van der Waals surface area contributed by atoms with Crippen molar-refractivity contribution in [3.8, 4) is 0 Å². The minimum absolute atomic E-state index is 0.455. The average molecular weight is 325 g/mol. The Morgan fingerprint density at radius 2 is 2.18 bits per heavy atom. The van der Waals surface area contributed by atoms with Crippen molar-refractivity contribution in [2.75, 3.05) is 12.3 Å². The molecule has 4 nitrogen and oxygen atoms in total. The number of aliphatic hydroxyl groups is 1. The Morgan fingerprint density at radius 1 is 1.41 bits per heavy atom. The molecule has 22 heavy (non-hydrogen) atoms. The van der Waals surface area contributed by atoms with E-state index >= 15 is 0 Å². The van der Waals surface area contributed by atoms with Crippen LogP contribution in [0.5, 0.6) is 0 Å². The molecule has 122 valence electrons. The average Bonchev–Trinajstić information content (AvgIpc) is 2.59. The van der Waals surface area contributed by atoms with Crippen LogP contribution in [0.1, 0.15) is 52.9 Å². The van der Waals surface area contributed by atoms with Crippen molar-refractivity contribution in [3.63, 3.8) is 0 Å². The highest BCUT2D eigenvalue weighted by atomic mass is 32.2. The van der Waals surface area contributed by atoms with Gasteiger partial charge in [-0.1, -0.05) is 31.4 Å². The third kappa shape index (κ3) is 5.89. The molecule has 1 unspecified atom stereocenters. The summed E-state index contributed by atoms with van der Waals surface area (Å²) in [5, 5.41) is 20.9. The van der Waals surface area contributed by atoms with Crippen LogP contribution < -0.4 is 5.32 Å². The summed E-state index contributed by atoms with van der Waals surface area (Å²) in [5.74, 6) is 1.79. The van der Waals surface area contributed by atoms with E-state index < -0.39 is 25.1 Å². The van der Waals surface area contributed by atoms with Crippen molar-refractivity contribution in [1.82, 2.24) is 5.32 Å². The quantitative estimate of drug-likeness (QED) is 0.662. The molecule has 1 aromatic rings. The molecule has 0 saturated heterocycles. The molecule has 5 heteroatoms. The molecule has 1 atom stereocenters. The molecular formula is C17H25NO3S. The Balaban J connectivity index is 1.96. The summed E-state index contributed by atoms with van der Waals surface area (Å²) in [6, 6.07) is 7.25. The van der Waals surface area contributed by atoms with Crippen LogP contribution in [0, 0.1) is 5.92 Å². The summed E-state index contributed by atoms with van der Waals surface area (Å²) < 4.78 is 15.8. The number of aliphatic hydroxyl groups excluding tert-OH is 1. The van der Waals surface area contributed by atoms with Gasteiger partial charge in [0.15, 0.2) is 0 Å². The van der Waals surface area contributed by atoms with E-state index in [1.165, 1.54) is 32.1 Å². The Hall–Kier alpha value is -1.20. The summed E-state index contributed by atoms with van der Waals surface area (Å²) in [6.07, 6.45) is 1.76. The van der Waals surface area contributed by atoms with Gasteiger partial charge in [-0.25, -0.2) is 4.79 Å². The van der Waals surface area contributed by atoms with Crippen molar-refractivity contribution in [3.05, 3.63) is 29.8 Å². The molecule has 1 saturated carbocycles. The summed E-state index contributed by atoms with van der Waals surface area (Å²) in [5.41, 5.74) is 0.473. The minimum Gasteiger partial charge on any atom is -0.465 e. The topological polar surface area (TPSA) is 69.6 Å². The lowest BCUT2D eigenvalue weighted by molar-refractivity contribution is 0.162. The van der Waals surface area contributed by atoms with E-state index in [0.29, 0.717) is 5.56 Å². The smallest absolute Gasteiger partial charge is 0.404 e. The lowest BCUT2D eigenvalue weighted by Crippen LogP contribution is -2.23. The first-order chi connectivity index (χ1) is 11.4. The van der Waals surface area contributed by atoms with Crippen LogP contribution in [-0.2, 0) is 0 Å². The second-order valence-corrected chi connectivity index (χ2v) is 6.75. The fourth-order valence-corrected chi connectivity index (χ4v) is 3.84. The molecule has 2 rings (SSSR count). The van der Waals surface area contributed by atoms with Crippen molar-refractivity contribution >= 4 is 17.9 Å². The molecule has 0 aromatic heterocycles. The van der Waals surface area contributed by atoms with Gasteiger partial charge in [-0.2, -0.15) is 0 Å². The largest absolute Gasteiger partial charge is 0.465 e. The highest BCUT2D eigenvalue weighted by Gasteiger charge is 2.14. The summed E-state index contributed by atoms with van der Waals surface area (Å²) in [4.78, 5) is 11.5. The van der Waals surface area contributed by atoms with Crippen LogP contribution >= 0.6 is 11.8 Å². The molecule has 0 bridgehead atoms. The number of hydrogen-bond donors (Lipinski definition) is 3. The van der Waals surface area contributed by atoms with Gasteiger partial charge in [0.05, 0.1) is 6.10 Å². The fraction of sp³-hybridized carbons (Fsp3) is 0.588. The highest BCUT2D eigenvalue weighted by Crippen LogP contribution is 2.31. The van der Waals surface area contributed by atoms with E-state index in [2.05, 4.69) is 0 Å². The zero-order valence-electron chi connectivity index (χ0n) is 14.6. The molecule has 1 amide bonds. The molecule has 1 aliphatic rings.